The third-order valence-electron chi connectivity index (χ3n) is 1.87. The minimum atomic E-state index is 0.752. The van der Waals surface area contributed by atoms with E-state index in [1.54, 1.807) is 0 Å². The highest BCUT2D eigenvalue weighted by Crippen LogP contribution is 1.99. The van der Waals surface area contributed by atoms with E-state index in [9.17, 15) is 0 Å². The third-order valence-corrected chi connectivity index (χ3v) is 1.87. The number of hydrogen-bond acceptors (Lipinski definition) is 0. The highest BCUT2D eigenvalue weighted by atomic mass is 15.2. The summed E-state index contributed by atoms with van der Waals surface area (Å²) in [5.74, 6) is 0.794. The van der Waals surface area contributed by atoms with E-state index in [0.717, 1.165) is 25.6 Å². The summed E-state index contributed by atoms with van der Waals surface area (Å²) in [5.41, 5.74) is 5.75. The number of rotatable bonds is 2. The normalized spacial score (nSPS) is 16.5. The molecule has 0 radical (unpaired) electrons. The standard InChI is InChI=1S/C8H15N3/c1-2-5-10-8(9)11-6-3-4-7-11/h2H,1,3-7H2,(H2,9,10)/p+1. The van der Waals surface area contributed by atoms with Gasteiger partial charge in [-0.05, 0) is 12.8 Å². The van der Waals surface area contributed by atoms with Crippen molar-refractivity contribution < 1.29 is 4.58 Å². The lowest BCUT2D eigenvalue weighted by molar-refractivity contribution is -0.509. The van der Waals surface area contributed by atoms with Crippen LogP contribution in [0.1, 0.15) is 12.8 Å². The van der Waals surface area contributed by atoms with E-state index >= 15 is 0 Å². The molecule has 11 heavy (non-hydrogen) atoms. The van der Waals surface area contributed by atoms with Crippen molar-refractivity contribution in [1.29, 1.82) is 0 Å². The van der Waals surface area contributed by atoms with E-state index in [-0.39, 0.29) is 0 Å². The summed E-state index contributed by atoms with van der Waals surface area (Å²) in [6, 6.07) is 0. The lowest BCUT2D eigenvalue weighted by Gasteiger charge is -2.01. The zero-order valence-corrected chi connectivity index (χ0v) is 6.84. The number of guanidine groups is 1. The molecule has 3 heteroatoms. The summed E-state index contributed by atoms with van der Waals surface area (Å²) in [6.45, 7) is 6.55. The summed E-state index contributed by atoms with van der Waals surface area (Å²) in [5, 5.41) is 3.08. The Bertz CT molecular complexity index is 164. The Morgan fingerprint density at radius 2 is 2.18 bits per heavy atom. The van der Waals surface area contributed by atoms with Crippen LogP contribution in [0.3, 0.4) is 0 Å². The number of hydrogen-bond donors (Lipinski definition) is 2. The van der Waals surface area contributed by atoms with Crippen LogP contribution in [-0.4, -0.2) is 30.2 Å². The van der Waals surface area contributed by atoms with E-state index in [1.807, 2.05) is 6.08 Å². The fraction of sp³-hybridized carbons (Fsp3) is 0.625. The fourth-order valence-corrected chi connectivity index (χ4v) is 1.25. The molecule has 0 unspecified atom stereocenters. The monoisotopic (exact) mass is 154 g/mol. The molecule has 0 aromatic carbocycles. The van der Waals surface area contributed by atoms with Crippen molar-refractivity contribution in [2.75, 3.05) is 19.6 Å². The molecule has 62 valence electrons. The van der Waals surface area contributed by atoms with Crippen molar-refractivity contribution in [3.63, 3.8) is 0 Å². The maximum Gasteiger partial charge on any atom is 0.343 e. The molecule has 3 nitrogen and oxygen atoms in total. The second kappa shape index (κ2) is 4.01. The molecule has 0 amide bonds. The molecular weight excluding hydrogens is 138 g/mol. The Morgan fingerprint density at radius 3 is 2.73 bits per heavy atom. The highest BCUT2D eigenvalue weighted by molar-refractivity contribution is 5.72. The minimum Gasteiger partial charge on any atom is -0.291 e. The van der Waals surface area contributed by atoms with Crippen LogP contribution in [0.4, 0.5) is 0 Å². The molecule has 1 heterocycles. The number of nitrogens with two attached hydrogens (primary N) is 1. The van der Waals surface area contributed by atoms with Gasteiger partial charge in [0.05, 0.1) is 19.6 Å². The van der Waals surface area contributed by atoms with Gasteiger partial charge in [0.2, 0.25) is 0 Å². The summed E-state index contributed by atoms with van der Waals surface area (Å²) in [4.78, 5) is 0. The molecule has 0 atom stereocenters. The maximum absolute atomic E-state index is 5.75. The molecule has 0 saturated carbocycles. The summed E-state index contributed by atoms with van der Waals surface area (Å²) in [7, 11) is 0. The van der Waals surface area contributed by atoms with Crippen molar-refractivity contribution in [2.24, 2.45) is 5.73 Å². The van der Waals surface area contributed by atoms with E-state index in [2.05, 4.69) is 16.5 Å². The van der Waals surface area contributed by atoms with Gasteiger partial charge in [-0.2, -0.15) is 0 Å². The van der Waals surface area contributed by atoms with Crippen molar-refractivity contribution in [3.05, 3.63) is 12.7 Å². The van der Waals surface area contributed by atoms with Crippen LogP contribution in [0.25, 0.3) is 0 Å². The largest absolute Gasteiger partial charge is 0.343 e. The van der Waals surface area contributed by atoms with E-state index in [1.165, 1.54) is 12.8 Å². The molecule has 0 aliphatic carbocycles. The van der Waals surface area contributed by atoms with Crippen molar-refractivity contribution in [1.82, 2.24) is 5.32 Å². The zero-order valence-electron chi connectivity index (χ0n) is 6.84. The van der Waals surface area contributed by atoms with Gasteiger partial charge in [-0.3, -0.25) is 15.6 Å². The Morgan fingerprint density at radius 1 is 1.55 bits per heavy atom. The second-order valence-electron chi connectivity index (χ2n) is 2.75. The van der Waals surface area contributed by atoms with Crippen LogP contribution < -0.4 is 11.1 Å². The second-order valence-corrected chi connectivity index (χ2v) is 2.75. The molecular formula is C8H16N3+. The van der Waals surface area contributed by atoms with Crippen LogP contribution >= 0.6 is 0 Å². The van der Waals surface area contributed by atoms with Gasteiger partial charge in [0.1, 0.15) is 0 Å². The number of nitrogens with one attached hydrogen (secondary N) is 1. The first-order valence-corrected chi connectivity index (χ1v) is 4.06. The molecule has 0 aromatic rings. The Hall–Kier alpha value is -0.990. The Balaban J connectivity index is 2.41. The molecule has 1 aliphatic heterocycles. The van der Waals surface area contributed by atoms with Gasteiger partial charge < -0.3 is 0 Å². The summed E-state index contributed by atoms with van der Waals surface area (Å²) < 4.78 is 2.17. The van der Waals surface area contributed by atoms with Crippen molar-refractivity contribution in [3.8, 4) is 0 Å². The lowest BCUT2D eigenvalue weighted by Crippen LogP contribution is -2.39. The first-order chi connectivity index (χ1) is 5.34. The predicted octanol–water partition coefficient (Wildman–Crippen LogP) is -0.117. The van der Waals surface area contributed by atoms with Gasteiger partial charge in [0.25, 0.3) is 0 Å². The Kier molecular flexibility index (Phi) is 2.95. The van der Waals surface area contributed by atoms with Crippen molar-refractivity contribution >= 4 is 5.96 Å². The summed E-state index contributed by atoms with van der Waals surface area (Å²) >= 11 is 0. The third kappa shape index (κ3) is 2.26. The molecule has 3 N–H and O–H groups in total. The van der Waals surface area contributed by atoms with Crippen LogP contribution in [-0.2, 0) is 0 Å². The SMILES string of the molecule is C=CCNC(N)=[N+]1CCCC1. The topological polar surface area (TPSA) is 41.1 Å². The van der Waals surface area contributed by atoms with E-state index in [0.29, 0.717) is 0 Å². The van der Waals surface area contributed by atoms with Gasteiger partial charge in [-0.15, -0.1) is 0 Å². The molecule has 1 rings (SSSR count). The number of nitrogens with zero attached hydrogens (tertiary/aromatic N) is 1. The van der Waals surface area contributed by atoms with Crippen LogP contribution in [0.2, 0.25) is 0 Å². The molecule has 1 aliphatic rings. The molecule has 0 aromatic heterocycles. The zero-order chi connectivity index (χ0) is 8.10. The lowest BCUT2D eigenvalue weighted by atomic mass is 10.4. The van der Waals surface area contributed by atoms with Gasteiger partial charge >= 0.3 is 5.96 Å². The molecule has 0 spiro atoms. The van der Waals surface area contributed by atoms with Crippen LogP contribution in [0, 0.1) is 0 Å². The predicted molar refractivity (Wildman–Crippen MR) is 46.6 cm³/mol. The average Bonchev–Trinajstić information content (AvgIpc) is 2.52. The van der Waals surface area contributed by atoms with Crippen LogP contribution in [0.15, 0.2) is 12.7 Å². The molecule has 0 bridgehead atoms. The highest BCUT2D eigenvalue weighted by Gasteiger charge is 2.12. The first-order valence-electron chi connectivity index (χ1n) is 4.06. The van der Waals surface area contributed by atoms with Crippen LogP contribution in [0.5, 0.6) is 0 Å². The van der Waals surface area contributed by atoms with Gasteiger partial charge in [-0.1, -0.05) is 12.7 Å². The quantitative estimate of drug-likeness (QED) is 0.331. The smallest absolute Gasteiger partial charge is 0.291 e. The maximum atomic E-state index is 5.75. The molecule has 1 fully saturated rings. The fourth-order valence-electron chi connectivity index (χ4n) is 1.25. The average molecular weight is 154 g/mol. The molecule has 1 saturated heterocycles. The van der Waals surface area contributed by atoms with Gasteiger partial charge in [-0.25, -0.2) is 0 Å². The summed E-state index contributed by atoms with van der Waals surface area (Å²) in [6.07, 6.45) is 4.33. The van der Waals surface area contributed by atoms with Crippen molar-refractivity contribution in [2.45, 2.75) is 12.8 Å². The minimum absolute atomic E-state index is 0.752. The van der Waals surface area contributed by atoms with Gasteiger partial charge in [0.15, 0.2) is 0 Å². The van der Waals surface area contributed by atoms with E-state index in [4.69, 9.17) is 5.73 Å². The van der Waals surface area contributed by atoms with E-state index < -0.39 is 0 Å². The Labute approximate surface area is 67.6 Å². The first kappa shape index (κ1) is 8.11. The van der Waals surface area contributed by atoms with Gasteiger partial charge in [0, 0.05) is 0 Å².